The Morgan fingerprint density at radius 2 is 1.94 bits per heavy atom. The molecule has 0 bridgehead atoms. The fourth-order valence-electron chi connectivity index (χ4n) is 2.06. The van der Waals surface area contributed by atoms with Crippen LogP contribution in [0, 0.1) is 12.7 Å². The number of hydrogen-bond acceptors (Lipinski definition) is 2. The number of rotatable bonds is 3. The van der Waals surface area contributed by atoms with Crippen LogP contribution in [-0.4, -0.2) is 6.54 Å². The van der Waals surface area contributed by atoms with E-state index in [9.17, 15) is 4.39 Å². The molecule has 0 saturated carbocycles. The Labute approximate surface area is 107 Å². The van der Waals surface area contributed by atoms with Crippen molar-refractivity contribution >= 4 is 17.1 Å². The summed E-state index contributed by atoms with van der Waals surface area (Å²) in [6.07, 6.45) is 0. The normalized spacial score (nSPS) is 10.4. The molecule has 0 aromatic heterocycles. The van der Waals surface area contributed by atoms with E-state index in [-0.39, 0.29) is 5.82 Å². The number of hydrogen-bond donors (Lipinski definition) is 1. The molecule has 0 aliphatic rings. The SMILES string of the molecule is CCN(c1cccc(C)c1)c1ccc(F)cc1N. The molecule has 94 valence electrons. The van der Waals surface area contributed by atoms with Crippen molar-refractivity contribution in [1.82, 2.24) is 0 Å². The Balaban J connectivity index is 2.45. The van der Waals surface area contributed by atoms with Crippen LogP contribution in [0.15, 0.2) is 42.5 Å². The first-order valence-electron chi connectivity index (χ1n) is 6.01. The average Bonchev–Trinajstić information content (AvgIpc) is 2.33. The van der Waals surface area contributed by atoms with E-state index in [0.717, 1.165) is 17.9 Å². The highest BCUT2D eigenvalue weighted by Gasteiger charge is 2.11. The second-order valence-electron chi connectivity index (χ2n) is 4.29. The highest BCUT2D eigenvalue weighted by molar-refractivity contribution is 5.75. The maximum Gasteiger partial charge on any atom is 0.125 e. The van der Waals surface area contributed by atoms with E-state index in [1.807, 2.05) is 32.0 Å². The summed E-state index contributed by atoms with van der Waals surface area (Å²) in [5, 5.41) is 0. The molecule has 2 aromatic rings. The Bertz CT molecular complexity index is 552. The predicted octanol–water partition coefficient (Wildman–Crippen LogP) is 3.87. The Kier molecular flexibility index (Phi) is 3.51. The summed E-state index contributed by atoms with van der Waals surface area (Å²) in [7, 11) is 0. The molecule has 0 atom stereocenters. The van der Waals surface area contributed by atoms with Gasteiger partial charge in [-0.2, -0.15) is 0 Å². The van der Waals surface area contributed by atoms with E-state index < -0.39 is 0 Å². The van der Waals surface area contributed by atoms with E-state index in [1.165, 1.54) is 17.7 Å². The van der Waals surface area contributed by atoms with Gasteiger partial charge in [-0.15, -0.1) is 0 Å². The minimum Gasteiger partial charge on any atom is -0.397 e. The number of nitrogen functional groups attached to an aromatic ring is 1. The Morgan fingerprint density at radius 1 is 1.17 bits per heavy atom. The smallest absolute Gasteiger partial charge is 0.125 e. The number of anilines is 3. The molecule has 2 N–H and O–H groups in total. The van der Waals surface area contributed by atoms with Gasteiger partial charge >= 0.3 is 0 Å². The summed E-state index contributed by atoms with van der Waals surface area (Å²) < 4.78 is 13.1. The maximum atomic E-state index is 13.1. The molecule has 18 heavy (non-hydrogen) atoms. The van der Waals surface area contributed by atoms with Crippen LogP contribution in [0.4, 0.5) is 21.5 Å². The Morgan fingerprint density at radius 3 is 2.56 bits per heavy atom. The van der Waals surface area contributed by atoms with Crippen LogP contribution in [0.2, 0.25) is 0 Å². The van der Waals surface area contributed by atoms with Gasteiger partial charge < -0.3 is 10.6 Å². The first kappa shape index (κ1) is 12.4. The summed E-state index contributed by atoms with van der Waals surface area (Å²) >= 11 is 0. The lowest BCUT2D eigenvalue weighted by atomic mass is 10.1. The van der Waals surface area contributed by atoms with Crippen LogP contribution in [0.25, 0.3) is 0 Å². The van der Waals surface area contributed by atoms with Crippen molar-refractivity contribution in [1.29, 1.82) is 0 Å². The highest BCUT2D eigenvalue weighted by atomic mass is 19.1. The quantitative estimate of drug-likeness (QED) is 0.830. The van der Waals surface area contributed by atoms with Crippen molar-refractivity contribution in [2.75, 3.05) is 17.2 Å². The first-order valence-corrected chi connectivity index (χ1v) is 6.01. The lowest BCUT2D eigenvalue weighted by molar-refractivity contribution is 0.628. The van der Waals surface area contributed by atoms with E-state index in [1.54, 1.807) is 6.07 Å². The zero-order chi connectivity index (χ0) is 13.1. The topological polar surface area (TPSA) is 29.3 Å². The number of nitrogens with two attached hydrogens (primary N) is 1. The zero-order valence-electron chi connectivity index (χ0n) is 10.7. The van der Waals surface area contributed by atoms with E-state index in [4.69, 9.17) is 5.73 Å². The van der Waals surface area contributed by atoms with Crippen LogP contribution >= 0.6 is 0 Å². The standard InChI is InChI=1S/C15H17FN2/c1-3-18(13-6-4-5-11(2)9-13)15-8-7-12(16)10-14(15)17/h4-10H,3,17H2,1-2H3. The molecule has 0 aliphatic heterocycles. The molecular weight excluding hydrogens is 227 g/mol. The molecule has 3 heteroatoms. The third kappa shape index (κ3) is 2.45. The highest BCUT2D eigenvalue weighted by Crippen LogP contribution is 2.30. The lowest BCUT2D eigenvalue weighted by Gasteiger charge is -2.25. The summed E-state index contributed by atoms with van der Waals surface area (Å²) in [4.78, 5) is 2.07. The number of aryl methyl sites for hydroxylation is 1. The van der Waals surface area contributed by atoms with Gasteiger partial charge in [-0.1, -0.05) is 12.1 Å². The monoisotopic (exact) mass is 244 g/mol. The average molecular weight is 244 g/mol. The third-order valence-corrected chi connectivity index (χ3v) is 2.91. The second kappa shape index (κ2) is 5.08. The van der Waals surface area contributed by atoms with Crippen LogP contribution in [-0.2, 0) is 0 Å². The molecule has 2 rings (SSSR count). The summed E-state index contributed by atoms with van der Waals surface area (Å²) in [6, 6.07) is 12.7. The van der Waals surface area contributed by atoms with Gasteiger partial charge in [-0.25, -0.2) is 4.39 Å². The van der Waals surface area contributed by atoms with Gasteiger partial charge in [0.1, 0.15) is 5.82 Å². The van der Waals surface area contributed by atoms with Gasteiger partial charge in [0.15, 0.2) is 0 Å². The predicted molar refractivity (Wildman–Crippen MR) is 74.7 cm³/mol. The lowest BCUT2D eigenvalue weighted by Crippen LogP contribution is -2.17. The van der Waals surface area contributed by atoms with Crippen LogP contribution in [0.5, 0.6) is 0 Å². The molecular formula is C15H17FN2. The van der Waals surface area contributed by atoms with Gasteiger partial charge in [0, 0.05) is 12.2 Å². The number of nitrogens with zero attached hydrogens (tertiary/aromatic N) is 1. The molecule has 0 spiro atoms. The molecule has 0 fully saturated rings. The van der Waals surface area contributed by atoms with E-state index >= 15 is 0 Å². The molecule has 2 nitrogen and oxygen atoms in total. The molecule has 0 radical (unpaired) electrons. The molecule has 0 aliphatic carbocycles. The van der Waals surface area contributed by atoms with Gasteiger partial charge in [-0.3, -0.25) is 0 Å². The van der Waals surface area contributed by atoms with Gasteiger partial charge in [-0.05, 0) is 49.7 Å². The molecule has 0 heterocycles. The summed E-state index contributed by atoms with van der Waals surface area (Å²) in [5.74, 6) is -0.309. The Hall–Kier alpha value is -2.03. The minimum atomic E-state index is -0.309. The number of halogens is 1. The van der Waals surface area contributed by atoms with E-state index in [2.05, 4.69) is 11.0 Å². The van der Waals surface area contributed by atoms with Crippen molar-refractivity contribution in [2.24, 2.45) is 0 Å². The van der Waals surface area contributed by atoms with Gasteiger partial charge in [0.2, 0.25) is 0 Å². The van der Waals surface area contributed by atoms with Crippen molar-refractivity contribution in [3.8, 4) is 0 Å². The molecule has 0 amide bonds. The summed E-state index contributed by atoms with van der Waals surface area (Å²) in [6.45, 7) is 4.87. The minimum absolute atomic E-state index is 0.309. The van der Waals surface area contributed by atoms with Crippen LogP contribution < -0.4 is 10.6 Å². The van der Waals surface area contributed by atoms with Crippen LogP contribution in [0.3, 0.4) is 0 Å². The summed E-state index contributed by atoms with van der Waals surface area (Å²) in [5.41, 5.74) is 9.44. The van der Waals surface area contributed by atoms with Crippen molar-refractivity contribution in [3.05, 3.63) is 53.8 Å². The fraction of sp³-hybridized carbons (Fsp3) is 0.200. The van der Waals surface area contributed by atoms with Crippen LogP contribution in [0.1, 0.15) is 12.5 Å². The zero-order valence-corrected chi connectivity index (χ0v) is 10.7. The molecule has 0 unspecified atom stereocenters. The number of benzene rings is 2. The second-order valence-corrected chi connectivity index (χ2v) is 4.29. The first-order chi connectivity index (χ1) is 8.61. The third-order valence-electron chi connectivity index (χ3n) is 2.91. The van der Waals surface area contributed by atoms with Gasteiger partial charge in [0.05, 0.1) is 11.4 Å². The van der Waals surface area contributed by atoms with Gasteiger partial charge in [0.25, 0.3) is 0 Å². The molecule has 2 aromatic carbocycles. The largest absolute Gasteiger partial charge is 0.397 e. The molecule has 0 saturated heterocycles. The fourth-order valence-corrected chi connectivity index (χ4v) is 2.06. The maximum absolute atomic E-state index is 13.1. The van der Waals surface area contributed by atoms with E-state index in [0.29, 0.717) is 5.69 Å². The van der Waals surface area contributed by atoms with Crippen molar-refractivity contribution in [3.63, 3.8) is 0 Å². The van der Waals surface area contributed by atoms with Crippen molar-refractivity contribution in [2.45, 2.75) is 13.8 Å². The van der Waals surface area contributed by atoms with Crippen molar-refractivity contribution < 1.29 is 4.39 Å².